The van der Waals surface area contributed by atoms with E-state index >= 15 is 0 Å². The number of carbonyl (C=O) groups excluding carboxylic acids is 3. The summed E-state index contributed by atoms with van der Waals surface area (Å²) in [5.74, 6) is -1.60. The predicted molar refractivity (Wildman–Crippen MR) is 84.7 cm³/mol. The van der Waals surface area contributed by atoms with Crippen molar-refractivity contribution >= 4 is 29.1 Å². The zero-order valence-corrected chi connectivity index (χ0v) is 13.2. The van der Waals surface area contributed by atoms with E-state index in [0.29, 0.717) is 17.9 Å². The summed E-state index contributed by atoms with van der Waals surface area (Å²) in [4.78, 5) is 35.7. The summed E-state index contributed by atoms with van der Waals surface area (Å²) in [6, 6.07) is 6.60. The van der Waals surface area contributed by atoms with Gasteiger partial charge in [0.25, 0.3) is 0 Å². The molecule has 22 heavy (non-hydrogen) atoms. The maximum absolute atomic E-state index is 11.8. The molecule has 0 radical (unpaired) electrons. The van der Waals surface area contributed by atoms with E-state index in [4.69, 9.17) is 0 Å². The molecule has 0 heterocycles. The van der Waals surface area contributed by atoms with Gasteiger partial charge in [-0.15, -0.1) is 0 Å². The van der Waals surface area contributed by atoms with Gasteiger partial charge in [0, 0.05) is 31.3 Å². The number of benzene rings is 1. The fourth-order valence-electron chi connectivity index (χ4n) is 1.79. The van der Waals surface area contributed by atoms with Crippen LogP contribution in [0.2, 0.25) is 0 Å². The molecule has 7 nitrogen and oxygen atoms in total. The normalized spacial score (nSPS) is 10.2. The minimum absolute atomic E-state index is 0.204. The lowest BCUT2D eigenvalue weighted by Gasteiger charge is -2.09. The third-order valence-electron chi connectivity index (χ3n) is 2.79. The first-order chi connectivity index (χ1) is 10.4. The van der Waals surface area contributed by atoms with Gasteiger partial charge in [0.2, 0.25) is 5.91 Å². The van der Waals surface area contributed by atoms with Crippen LogP contribution in [0.4, 0.5) is 11.4 Å². The van der Waals surface area contributed by atoms with Gasteiger partial charge in [-0.3, -0.25) is 14.4 Å². The monoisotopic (exact) mass is 307 g/mol. The Bertz CT molecular complexity index is 543. The first kappa shape index (κ1) is 17.6. The number of anilines is 2. The van der Waals surface area contributed by atoms with Crippen LogP contribution >= 0.6 is 0 Å². The molecule has 1 rings (SSSR count). The number of hydrogen-bond donors (Lipinski definition) is 4. The van der Waals surface area contributed by atoms with Crippen molar-refractivity contribution in [2.75, 3.05) is 37.8 Å². The number of quaternary nitrogens is 1. The Morgan fingerprint density at radius 2 is 1.68 bits per heavy atom. The van der Waals surface area contributed by atoms with Crippen LogP contribution in [0.3, 0.4) is 0 Å². The van der Waals surface area contributed by atoms with Crippen molar-refractivity contribution in [3.8, 4) is 0 Å². The Hall–Kier alpha value is -2.41. The third kappa shape index (κ3) is 6.85. The molecule has 0 aliphatic carbocycles. The van der Waals surface area contributed by atoms with Crippen LogP contribution in [-0.2, 0) is 14.4 Å². The van der Waals surface area contributed by atoms with Crippen molar-refractivity contribution in [1.29, 1.82) is 0 Å². The number of amides is 3. The molecule has 0 aliphatic heterocycles. The Morgan fingerprint density at radius 1 is 1.05 bits per heavy atom. The zero-order valence-electron chi connectivity index (χ0n) is 13.2. The van der Waals surface area contributed by atoms with Gasteiger partial charge in [-0.05, 0) is 18.2 Å². The standard InChI is InChI=1S/C15H22N4O3/c1-11(20)17-12-6-4-7-13(10-12)18-15(22)14(21)16-8-5-9-19(2)3/h4,6-7,10H,5,8-9H2,1-3H3,(H,16,21)(H,17,20)(H,18,22)/p+1. The highest BCUT2D eigenvalue weighted by atomic mass is 16.2. The molecule has 120 valence electrons. The molecule has 0 saturated carbocycles. The van der Waals surface area contributed by atoms with E-state index in [0.717, 1.165) is 13.0 Å². The van der Waals surface area contributed by atoms with Crippen molar-refractivity contribution in [2.24, 2.45) is 0 Å². The van der Waals surface area contributed by atoms with Crippen LogP contribution in [0, 0.1) is 0 Å². The Balaban J connectivity index is 2.46. The number of rotatable bonds is 6. The van der Waals surface area contributed by atoms with Gasteiger partial charge in [0.15, 0.2) is 0 Å². The lowest BCUT2D eigenvalue weighted by atomic mass is 10.2. The zero-order chi connectivity index (χ0) is 16.5. The van der Waals surface area contributed by atoms with Crippen LogP contribution in [0.25, 0.3) is 0 Å². The summed E-state index contributed by atoms with van der Waals surface area (Å²) in [5, 5.41) is 7.68. The van der Waals surface area contributed by atoms with Gasteiger partial charge >= 0.3 is 11.8 Å². The molecular formula is C15H23N4O3+. The van der Waals surface area contributed by atoms with Gasteiger partial charge in [-0.1, -0.05) is 6.07 Å². The summed E-state index contributed by atoms with van der Waals surface area (Å²) in [5.41, 5.74) is 1.00. The van der Waals surface area contributed by atoms with Crippen LogP contribution in [-0.4, -0.2) is 44.9 Å². The van der Waals surface area contributed by atoms with E-state index in [1.807, 2.05) is 14.1 Å². The van der Waals surface area contributed by atoms with Gasteiger partial charge < -0.3 is 20.9 Å². The second-order valence-corrected chi connectivity index (χ2v) is 5.28. The highest BCUT2D eigenvalue weighted by Gasteiger charge is 2.13. The molecule has 0 aliphatic rings. The molecule has 1 aromatic rings. The molecule has 3 amide bonds. The quantitative estimate of drug-likeness (QED) is 0.411. The summed E-state index contributed by atoms with van der Waals surface area (Å²) < 4.78 is 0. The Kier molecular flexibility index (Phi) is 7.04. The fourth-order valence-corrected chi connectivity index (χ4v) is 1.79. The summed E-state index contributed by atoms with van der Waals surface area (Å²) >= 11 is 0. The highest BCUT2D eigenvalue weighted by molar-refractivity contribution is 6.39. The molecule has 4 N–H and O–H groups in total. The van der Waals surface area contributed by atoms with E-state index in [-0.39, 0.29) is 5.91 Å². The van der Waals surface area contributed by atoms with Crippen molar-refractivity contribution in [2.45, 2.75) is 13.3 Å². The number of carbonyl (C=O) groups is 3. The minimum atomic E-state index is -0.725. The summed E-state index contributed by atoms with van der Waals surface area (Å²) in [7, 11) is 4.05. The van der Waals surface area contributed by atoms with Crippen molar-refractivity contribution < 1.29 is 19.3 Å². The summed E-state index contributed by atoms with van der Waals surface area (Å²) in [6.45, 7) is 2.78. The minimum Gasteiger partial charge on any atom is -0.348 e. The third-order valence-corrected chi connectivity index (χ3v) is 2.79. The van der Waals surface area contributed by atoms with E-state index in [9.17, 15) is 14.4 Å². The van der Waals surface area contributed by atoms with Crippen molar-refractivity contribution in [1.82, 2.24) is 5.32 Å². The molecule has 7 heteroatoms. The highest BCUT2D eigenvalue weighted by Crippen LogP contribution is 2.14. The van der Waals surface area contributed by atoms with Gasteiger partial charge in [-0.2, -0.15) is 0 Å². The lowest BCUT2D eigenvalue weighted by Crippen LogP contribution is -3.05. The topological polar surface area (TPSA) is 91.7 Å². The molecule has 0 unspecified atom stereocenters. The molecule has 0 aromatic heterocycles. The maximum atomic E-state index is 11.8. The molecular weight excluding hydrogens is 284 g/mol. The molecule has 0 spiro atoms. The van der Waals surface area contributed by atoms with E-state index in [2.05, 4.69) is 16.0 Å². The average Bonchev–Trinajstić information content (AvgIpc) is 2.42. The molecule has 0 saturated heterocycles. The smallest absolute Gasteiger partial charge is 0.313 e. The van der Waals surface area contributed by atoms with E-state index < -0.39 is 11.8 Å². The molecule has 0 bridgehead atoms. The second-order valence-electron chi connectivity index (χ2n) is 5.28. The van der Waals surface area contributed by atoms with Crippen LogP contribution < -0.4 is 20.9 Å². The molecule has 0 atom stereocenters. The van der Waals surface area contributed by atoms with E-state index in [1.54, 1.807) is 24.3 Å². The lowest BCUT2D eigenvalue weighted by molar-refractivity contribution is -0.858. The SMILES string of the molecule is CC(=O)Nc1cccc(NC(=O)C(=O)NCCC[NH+](C)C)c1. The second kappa shape index (κ2) is 8.78. The van der Waals surface area contributed by atoms with E-state index in [1.165, 1.54) is 11.8 Å². The Morgan fingerprint density at radius 3 is 2.27 bits per heavy atom. The van der Waals surface area contributed by atoms with Gasteiger partial charge in [0.05, 0.1) is 20.6 Å². The molecule has 1 aromatic carbocycles. The number of nitrogens with one attached hydrogen (secondary N) is 4. The predicted octanol–water partition coefficient (Wildman–Crippen LogP) is -0.766. The maximum Gasteiger partial charge on any atom is 0.313 e. The van der Waals surface area contributed by atoms with Crippen LogP contribution in [0.5, 0.6) is 0 Å². The first-order valence-electron chi connectivity index (χ1n) is 7.14. The van der Waals surface area contributed by atoms with Gasteiger partial charge in [0.1, 0.15) is 0 Å². The molecule has 0 fully saturated rings. The Labute approximate surface area is 130 Å². The largest absolute Gasteiger partial charge is 0.348 e. The van der Waals surface area contributed by atoms with Crippen molar-refractivity contribution in [3.63, 3.8) is 0 Å². The first-order valence-corrected chi connectivity index (χ1v) is 7.14. The van der Waals surface area contributed by atoms with Crippen LogP contribution in [0.15, 0.2) is 24.3 Å². The average molecular weight is 307 g/mol. The van der Waals surface area contributed by atoms with Crippen molar-refractivity contribution in [3.05, 3.63) is 24.3 Å². The van der Waals surface area contributed by atoms with Gasteiger partial charge in [-0.25, -0.2) is 0 Å². The van der Waals surface area contributed by atoms with Crippen LogP contribution in [0.1, 0.15) is 13.3 Å². The number of hydrogen-bond acceptors (Lipinski definition) is 3. The summed E-state index contributed by atoms with van der Waals surface area (Å²) in [6.07, 6.45) is 0.805. The fraction of sp³-hybridized carbons (Fsp3) is 0.400.